The lowest BCUT2D eigenvalue weighted by molar-refractivity contribution is -0.137. The Morgan fingerprint density at radius 2 is 1.82 bits per heavy atom. The Balaban J connectivity index is 1.80. The lowest BCUT2D eigenvalue weighted by atomic mass is 9.79. The highest BCUT2D eigenvalue weighted by Crippen LogP contribution is 2.35. The topological polar surface area (TPSA) is 86.3 Å². The molecule has 0 bridgehead atoms. The lowest BCUT2D eigenvalue weighted by Gasteiger charge is -2.35. The van der Waals surface area contributed by atoms with Crippen LogP contribution in [-0.4, -0.2) is 22.4 Å². The molecule has 9 heteroatoms. The summed E-state index contributed by atoms with van der Waals surface area (Å²) in [5.41, 5.74) is -1.44. The van der Waals surface area contributed by atoms with Crippen molar-refractivity contribution in [3.63, 3.8) is 0 Å². The SMILES string of the molecule is CC1(N=C(NC(=O)c2ccc(C(F)(F)F)cc2)Nc2cccc(=O)[nH]2)CCC1. The van der Waals surface area contributed by atoms with Gasteiger partial charge >= 0.3 is 6.18 Å². The number of H-pyrrole nitrogens is 1. The van der Waals surface area contributed by atoms with E-state index < -0.39 is 17.6 Å². The minimum Gasteiger partial charge on any atom is -0.312 e. The zero-order chi connectivity index (χ0) is 20.4. The molecule has 3 rings (SSSR count). The van der Waals surface area contributed by atoms with Gasteiger partial charge in [0.05, 0.1) is 11.1 Å². The number of pyridine rings is 1. The quantitative estimate of drug-likeness (QED) is 0.552. The Hall–Kier alpha value is -3.10. The number of rotatable bonds is 3. The van der Waals surface area contributed by atoms with Gasteiger partial charge in [0.2, 0.25) is 11.5 Å². The van der Waals surface area contributed by atoms with E-state index in [-0.39, 0.29) is 22.6 Å². The maximum absolute atomic E-state index is 12.7. The molecule has 0 saturated heterocycles. The molecule has 1 aromatic carbocycles. The number of alkyl halides is 3. The number of halogens is 3. The van der Waals surface area contributed by atoms with Crippen LogP contribution in [-0.2, 0) is 6.18 Å². The molecule has 2 aromatic rings. The van der Waals surface area contributed by atoms with Crippen molar-refractivity contribution in [1.29, 1.82) is 0 Å². The summed E-state index contributed by atoms with van der Waals surface area (Å²) in [5.74, 6) is -0.156. The van der Waals surface area contributed by atoms with Gasteiger partial charge in [-0.1, -0.05) is 6.07 Å². The third kappa shape index (κ3) is 4.79. The first-order valence-electron chi connectivity index (χ1n) is 8.69. The van der Waals surface area contributed by atoms with E-state index in [9.17, 15) is 22.8 Å². The largest absolute Gasteiger partial charge is 0.416 e. The molecule has 0 aliphatic heterocycles. The number of anilines is 1. The average molecular weight is 392 g/mol. The number of aromatic nitrogens is 1. The van der Waals surface area contributed by atoms with Crippen LogP contribution in [0.25, 0.3) is 0 Å². The van der Waals surface area contributed by atoms with Crippen molar-refractivity contribution >= 4 is 17.7 Å². The highest BCUT2D eigenvalue weighted by molar-refractivity contribution is 6.09. The van der Waals surface area contributed by atoms with Crippen LogP contribution in [0.1, 0.15) is 42.1 Å². The van der Waals surface area contributed by atoms with Crippen molar-refractivity contribution in [2.45, 2.75) is 37.9 Å². The van der Waals surface area contributed by atoms with E-state index in [4.69, 9.17) is 0 Å². The van der Waals surface area contributed by atoms with Gasteiger partial charge in [-0.2, -0.15) is 13.2 Å². The molecule has 3 N–H and O–H groups in total. The van der Waals surface area contributed by atoms with Crippen molar-refractivity contribution in [2.75, 3.05) is 5.32 Å². The zero-order valence-electron chi connectivity index (χ0n) is 15.1. The van der Waals surface area contributed by atoms with Crippen LogP contribution < -0.4 is 16.2 Å². The molecule has 1 heterocycles. The number of hydrogen-bond acceptors (Lipinski definition) is 3. The maximum atomic E-state index is 12.7. The van der Waals surface area contributed by atoms with Crippen LogP contribution in [0.3, 0.4) is 0 Å². The predicted molar refractivity (Wildman–Crippen MR) is 99.3 cm³/mol. The number of aliphatic imine (C=N–C) groups is 1. The standard InChI is InChI=1S/C19H19F3N4O2/c1-18(10-3-11-18)26-17(24-14-4-2-5-15(27)23-14)25-16(28)12-6-8-13(9-7-12)19(20,21)22/h2,4-9H,3,10-11H2,1H3,(H3,23,24,25,26,27,28). The third-order valence-electron chi connectivity index (χ3n) is 4.54. The van der Waals surface area contributed by atoms with Gasteiger partial charge in [0.25, 0.3) is 5.91 Å². The van der Waals surface area contributed by atoms with Gasteiger partial charge in [0, 0.05) is 11.6 Å². The Morgan fingerprint density at radius 1 is 1.14 bits per heavy atom. The molecule has 1 saturated carbocycles. The number of carbonyl (C=O) groups is 1. The lowest BCUT2D eigenvalue weighted by Crippen LogP contribution is -2.41. The third-order valence-corrected chi connectivity index (χ3v) is 4.54. The van der Waals surface area contributed by atoms with Crippen LogP contribution in [0.5, 0.6) is 0 Å². The first-order valence-corrected chi connectivity index (χ1v) is 8.69. The molecule has 0 unspecified atom stereocenters. The van der Waals surface area contributed by atoms with Gasteiger partial charge in [-0.3, -0.25) is 14.9 Å². The summed E-state index contributed by atoms with van der Waals surface area (Å²) in [6.45, 7) is 1.94. The Kier molecular flexibility index (Phi) is 5.26. The summed E-state index contributed by atoms with van der Waals surface area (Å²) in [6.07, 6.45) is -1.76. The molecule has 1 fully saturated rings. The molecule has 0 spiro atoms. The van der Waals surface area contributed by atoms with Crippen LogP contribution >= 0.6 is 0 Å². The van der Waals surface area contributed by atoms with Gasteiger partial charge in [0.15, 0.2) is 0 Å². The second kappa shape index (κ2) is 7.49. The van der Waals surface area contributed by atoms with Crippen molar-refractivity contribution < 1.29 is 18.0 Å². The molecular formula is C19H19F3N4O2. The summed E-state index contributed by atoms with van der Waals surface area (Å²) in [7, 11) is 0. The Morgan fingerprint density at radius 3 is 2.36 bits per heavy atom. The van der Waals surface area contributed by atoms with E-state index in [1.165, 1.54) is 6.07 Å². The van der Waals surface area contributed by atoms with E-state index in [1.807, 2.05) is 6.92 Å². The summed E-state index contributed by atoms with van der Waals surface area (Å²) >= 11 is 0. The van der Waals surface area contributed by atoms with E-state index in [0.29, 0.717) is 5.82 Å². The van der Waals surface area contributed by atoms with Gasteiger partial charge in [-0.05, 0) is 56.5 Å². The normalized spacial score (nSPS) is 16.2. The molecule has 148 valence electrons. The molecule has 1 amide bonds. The monoisotopic (exact) mass is 392 g/mol. The second-order valence-corrected chi connectivity index (χ2v) is 6.89. The average Bonchev–Trinajstić information content (AvgIpc) is 2.59. The van der Waals surface area contributed by atoms with E-state index >= 15 is 0 Å². The van der Waals surface area contributed by atoms with Gasteiger partial charge in [-0.15, -0.1) is 0 Å². The van der Waals surface area contributed by atoms with Crippen LogP contribution in [0.2, 0.25) is 0 Å². The molecule has 1 aliphatic rings. The zero-order valence-corrected chi connectivity index (χ0v) is 15.1. The second-order valence-electron chi connectivity index (χ2n) is 6.89. The number of benzene rings is 1. The maximum Gasteiger partial charge on any atom is 0.416 e. The number of nitrogens with one attached hydrogen (secondary N) is 3. The summed E-state index contributed by atoms with van der Waals surface area (Å²) in [6, 6.07) is 8.39. The fourth-order valence-corrected chi connectivity index (χ4v) is 2.80. The number of hydrogen-bond donors (Lipinski definition) is 3. The van der Waals surface area contributed by atoms with Crippen molar-refractivity contribution in [1.82, 2.24) is 10.3 Å². The number of nitrogens with zero attached hydrogens (tertiary/aromatic N) is 1. The van der Waals surface area contributed by atoms with E-state index in [2.05, 4.69) is 20.6 Å². The minimum atomic E-state index is -4.47. The molecule has 1 aliphatic carbocycles. The highest BCUT2D eigenvalue weighted by Gasteiger charge is 2.32. The molecular weight excluding hydrogens is 373 g/mol. The van der Waals surface area contributed by atoms with E-state index in [0.717, 1.165) is 43.5 Å². The summed E-state index contributed by atoms with van der Waals surface area (Å²) < 4.78 is 38.0. The molecule has 0 atom stereocenters. The fraction of sp³-hybridized carbons (Fsp3) is 0.316. The van der Waals surface area contributed by atoms with Crippen LogP contribution in [0.15, 0.2) is 52.3 Å². The van der Waals surface area contributed by atoms with Gasteiger partial charge < -0.3 is 10.3 Å². The number of amides is 1. The first-order chi connectivity index (χ1) is 13.1. The predicted octanol–water partition coefficient (Wildman–Crippen LogP) is 3.53. The smallest absolute Gasteiger partial charge is 0.312 e. The van der Waals surface area contributed by atoms with Crippen LogP contribution in [0, 0.1) is 0 Å². The molecule has 6 nitrogen and oxygen atoms in total. The Bertz CT molecular complexity index is 945. The minimum absolute atomic E-state index is 0.0582. The summed E-state index contributed by atoms with van der Waals surface area (Å²) in [4.78, 5) is 31.1. The highest BCUT2D eigenvalue weighted by atomic mass is 19.4. The Labute approximate surface area is 158 Å². The molecule has 28 heavy (non-hydrogen) atoms. The van der Waals surface area contributed by atoms with Gasteiger partial charge in [-0.25, -0.2) is 4.99 Å². The van der Waals surface area contributed by atoms with E-state index in [1.54, 1.807) is 12.1 Å². The first kappa shape index (κ1) is 19.7. The van der Waals surface area contributed by atoms with Gasteiger partial charge in [0.1, 0.15) is 5.82 Å². The fourth-order valence-electron chi connectivity index (χ4n) is 2.80. The summed E-state index contributed by atoms with van der Waals surface area (Å²) in [5, 5.41) is 5.44. The number of aromatic amines is 1. The number of guanidine groups is 1. The van der Waals surface area contributed by atoms with Crippen molar-refractivity contribution in [2.24, 2.45) is 4.99 Å². The molecule has 0 radical (unpaired) electrons. The molecule has 1 aromatic heterocycles. The number of carbonyl (C=O) groups excluding carboxylic acids is 1. The van der Waals surface area contributed by atoms with Crippen LogP contribution in [0.4, 0.5) is 19.0 Å². The van der Waals surface area contributed by atoms with Crippen molar-refractivity contribution in [3.05, 3.63) is 63.9 Å². The van der Waals surface area contributed by atoms with Crippen molar-refractivity contribution in [3.8, 4) is 0 Å².